The third-order valence-electron chi connectivity index (χ3n) is 16.6. The van der Waals surface area contributed by atoms with Gasteiger partial charge in [-0.3, -0.25) is 0 Å². The molecule has 0 spiro atoms. The highest BCUT2D eigenvalue weighted by molar-refractivity contribution is 7.27. The molecule has 6 heteroatoms. The van der Waals surface area contributed by atoms with E-state index in [-0.39, 0.29) is 0 Å². The van der Waals surface area contributed by atoms with Crippen molar-refractivity contribution in [3.05, 3.63) is 252 Å². The number of benzene rings is 10. The summed E-state index contributed by atoms with van der Waals surface area (Å²) in [7, 11) is 0. The number of nitriles is 2. The predicted molar refractivity (Wildman–Crippen MR) is 328 cm³/mol. The smallest absolute Gasteiger partial charge is 0.0992 e. The molecule has 0 saturated carbocycles. The molecule has 0 amide bonds. The lowest BCUT2D eigenvalue weighted by Crippen LogP contribution is -2.38. The Kier molecular flexibility index (Phi) is 10.2. The Morgan fingerprint density at radius 2 is 1.08 bits per heavy atom. The van der Waals surface area contributed by atoms with Gasteiger partial charge in [0.05, 0.1) is 55.4 Å². The van der Waals surface area contributed by atoms with Gasteiger partial charge in [-0.25, -0.2) is 0 Å². The summed E-state index contributed by atoms with van der Waals surface area (Å²) in [5.74, 6) is 0. The molecule has 0 radical (unpaired) electrons. The highest BCUT2D eigenvalue weighted by Gasteiger charge is 2.46. The first-order chi connectivity index (χ1) is 38.0. The normalized spacial score (nSPS) is 15.9. The summed E-state index contributed by atoms with van der Waals surface area (Å²) >= 11 is 3.61. The van der Waals surface area contributed by atoms with Crippen LogP contribution in [0.25, 0.3) is 117 Å². The van der Waals surface area contributed by atoms with E-state index in [1.807, 2.05) is 18.3 Å². The first-order valence-corrected chi connectivity index (χ1v) is 27.8. The number of nitrogens with zero attached hydrogens (tertiary/aromatic N) is 4. The van der Waals surface area contributed by atoms with Crippen molar-refractivity contribution in [3.63, 3.8) is 0 Å². The Morgan fingerprint density at radius 1 is 0.506 bits per heavy atom. The molecule has 4 nitrogen and oxygen atoms in total. The highest BCUT2D eigenvalue weighted by atomic mass is 32.1. The molecule has 0 saturated heterocycles. The number of fused-ring (bicyclic) bond motifs is 17. The summed E-state index contributed by atoms with van der Waals surface area (Å²) in [6.45, 7) is 4.16. The Balaban J connectivity index is 1.22. The van der Waals surface area contributed by atoms with E-state index in [0.717, 1.165) is 97.5 Å². The van der Waals surface area contributed by atoms with E-state index in [1.165, 1.54) is 30.3 Å². The fraction of sp³-hybridized carbons (Fsp3) is 0.0704. The monoisotopic (exact) mass is 1020 g/mol. The molecule has 4 aromatic heterocycles. The lowest BCUT2D eigenvalue weighted by Gasteiger charge is -2.43. The molecule has 0 aliphatic heterocycles. The van der Waals surface area contributed by atoms with Gasteiger partial charge in [-0.15, -0.1) is 22.7 Å². The van der Waals surface area contributed by atoms with E-state index in [4.69, 9.17) is 0 Å². The van der Waals surface area contributed by atoms with Crippen molar-refractivity contribution >= 4 is 139 Å². The van der Waals surface area contributed by atoms with Gasteiger partial charge < -0.3 is 9.13 Å². The van der Waals surface area contributed by atoms with Gasteiger partial charge in [0.2, 0.25) is 0 Å². The zero-order valence-electron chi connectivity index (χ0n) is 42.3. The Hall–Kier alpha value is -9.30. The molecule has 15 rings (SSSR count). The largest absolute Gasteiger partial charge is 0.330 e. The zero-order chi connectivity index (χ0) is 51.5. The Morgan fingerprint density at radius 3 is 1.77 bits per heavy atom. The van der Waals surface area contributed by atoms with Crippen molar-refractivity contribution < 1.29 is 0 Å². The fourth-order valence-corrected chi connectivity index (χ4v) is 15.8. The minimum Gasteiger partial charge on any atom is -0.330 e. The van der Waals surface area contributed by atoms with E-state index in [1.54, 1.807) is 11.3 Å². The summed E-state index contributed by atoms with van der Waals surface area (Å²) < 4.78 is 9.66. The highest BCUT2D eigenvalue weighted by Crippen LogP contribution is 2.56. The summed E-state index contributed by atoms with van der Waals surface area (Å²) in [5, 5.41) is 38.5. The number of aryl methyl sites for hydroxylation is 1. The maximum atomic E-state index is 13.2. The van der Waals surface area contributed by atoms with E-state index >= 15 is 0 Å². The Labute approximate surface area is 452 Å². The maximum absolute atomic E-state index is 13.2. The van der Waals surface area contributed by atoms with Crippen LogP contribution in [0, 0.1) is 29.6 Å². The van der Waals surface area contributed by atoms with Crippen LogP contribution >= 0.6 is 22.7 Å². The van der Waals surface area contributed by atoms with Gasteiger partial charge in [0, 0.05) is 74.6 Å². The van der Waals surface area contributed by atoms with Crippen LogP contribution in [0.5, 0.6) is 0 Å². The predicted octanol–water partition coefficient (Wildman–Crippen LogP) is 19.7. The second-order valence-electron chi connectivity index (χ2n) is 20.5. The van der Waals surface area contributed by atoms with Crippen molar-refractivity contribution in [2.75, 3.05) is 0 Å². The topological polar surface area (TPSA) is 57.4 Å². The SMILES string of the molecule is C/C(C#N)=C(\C(=C(C#N)C(n1c2ccccc2c2ccc3c4ccccc4sc3c21)C1(c2ccccc2C)C=CC=CC1)n1c2ccccc2c2ccc3c4ccccc4sc3c21)c1cccc2c1ccc1ccccc12. The average molecular weight is 1020 g/mol. The van der Waals surface area contributed by atoms with Gasteiger partial charge in [-0.2, -0.15) is 10.5 Å². The van der Waals surface area contributed by atoms with Crippen molar-refractivity contribution in [3.8, 4) is 12.1 Å². The molecule has 0 fully saturated rings. The fourth-order valence-electron chi connectivity index (χ4n) is 13.3. The molecule has 2 atom stereocenters. The number of hydrogen-bond acceptors (Lipinski definition) is 4. The van der Waals surface area contributed by atoms with Gasteiger partial charge in [0.25, 0.3) is 0 Å². The van der Waals surface area contributed by atoms with E-state index < -0.39 is 11.5 Å². The summed E-state index contributed by atoms with van der Waals surface area (Å²) in [6.07, 6.45) is 9.61. The summed E-state index contributed by atoms with van der Waals surface area (Å²) in [4.78, 5) is 0. The zero-order valence-corrected chi connectivity index (χ0v) is 43.9. The molecular weight excluding hydrogens is 973 g/mol. The van der Waals surface area contributed by atoms with Crippen molar-refractivity contribution in [2.45, 2.75) is 31.7 Å². The first kappa shape index (κ1) is 45.1. The molecule has 1 aliphatic carbocycles. The quantitative estimate of drug-likeness (QED) is 0.0907. The van der Waals surface area contributed by atoms with E-state index in [9.17, 15) is 10.5 Å². The van der Waals surface area contributed by atoms with Gasteiger partial charge in [-0.1, -0.05) is 200 Å². The third kappa shape index (κ3) is 6.47. The Bertz CT molecular complexity index is 5090. The molecule has 1 aliphatic rings. The molecule has 0 N–H and O–H groups in total. The van der Waals surface area contributed by atoms with Crippen LogP contribution in [0.15, 0.2) is 236 Å². The molecule has 362 valence electrons. The summed E-state index contributed by atoms with van der Waals surface area (Å²) in [5.41, 5.74) is 8.91. The number of thiophene rings is 2. The standard InChI is InChI=1S/C71H46N4S2/c1-43-19-4-11-28-59(43)71(39-16-3-17-40-71)70(75-61-30-13-8-23-50(61)55-36-38-57-52-25-10-15-32-63(52)77-69(57)67(55)75)58(42-73)65(64(44(2)41-72)53-27-18-26-47-46-21-6-5-20-45(46)33-34-48(47)53)74-60-29-12-7-22-49(60)54-35-37-56-51-24-9-14-31-62(51)76-68(56)66(54)74/h3-39,70H,40H2,1-2H3/b64-44+,65-58?. The lowest BCUT2D eigenvalue weighted by molar-refractivity contribution is 0.390. The van der Waals surface area contributed by atoms with Crippen LogP contribution in [0.4, 0.5) is 0 Å². The third-order valence-corrected chi connectivity index (χ3v) is 19.0. The van der Waals surface area contributed by atoms with Crippen LogP contribution < -0.4 is 0 Å². The number of rotatable bonds is 7. The van der Waals surface area contributed by atoms with Gasteiger partial charge in [0.1, 0.15) is 0 Å². The molecule has 0 bridgehead atoms. The molecule has 77 heavy (non-hydrogen) atoms. The van der Waals surface area contributed by atoms with Gasteiger partial charge >= 0.3 is 0 Å². The average Bonchev–Trinajstić information content (AvgIpc) is 4.41. The molecule has 10 aromatic carbocycles. The molecule has 2 unspecified atom stereocenters. The number of para-hydroxylation sites is 2. The van der Waals surface area contributed by atoms with E-state index in [2.05, 4.69) is 253 Å². The van der Waals surface area contributed by atoms with Gasteiger partial charge in [-0.05, 0) is 82.8 Å². The van der Waals surface area contributed by atoms with Crippen molar-refractivity contribution in [1.82, 2.24) is 9.13 Å². The van der Waals surface area contributed by atoms with Crippen LogP contribution in [-0.2, 0) is 5.41 Å². The first-order valence-electron chi connectivity index (χ1n) is 26.2. The number of aromatic nitrogens is 2. The minimum absolute atomic E-state index is 0.514. The minimum atomic E-state index is -0.837. The molecule has 4 heterocycles. The second-order valence-corrected chi connectivity index (χ2v) is 22.6. The van der Waals surface area contributed by atoms with Crippen molar-refractivity contribution in [2.24, 2.45) is 0 Å². The molecular formula is C71H46N4S2. The number of allylic oxidation sites excluding steroid dienone is 8. The van der Waals surface area contributed by atoms with Crippen LogP contribution in [0.2, 0.25) is 0 Å². The van der Waals surface area contributed by atoms with Gasteiger partial charge in [0.15, 0.2) is 0 Å². The summed E-state index contributed by atoms with van der Waals surface area (Å²) in [6, 6.07) is 77.3. The van der Waals surface area contributed by atoms with Crippen LogP contribution in [-0.4, -0.2) is 9.13 Å². The lowest BCUT2D eigenvalue weighted by atomic mass is 9.65. The molecule has 14 aromatic rings. The number of hydrogen-bond donors (Lipinski definition) is 0. The van der Waals surface area contributed by atoms with Crippen molar-refractivity contribution in [1.29, 1.82) is 10.5 Å². The van der Waals surface area contributed by atoms with Crippen LogP contribution in [0.3, 0.4) is 0 Å². The second kappa shape index (κ2) is 17.4. The van der Waals surface area contributed by atoms with Crippen LogP contribution in [0.1, 0.15) is 36.1 Å². The van der Waals surface area contributed by atoms with E-state index in [0.29, 0.717) is 23.3 Å². The maximum Gasteiger partial charge on any atom is 0.0992 e.